The number of para-hydroxylation sites is 1. The molecule has 0 amide bonds. The molecule has 1 aliphatic heterocycles. The summed E-state index contributed by atoms with van der Waals surface area (Å²) in [5.41, 5.74) is 3.30. The first kappa shape index (κ1) is 22.3. The lowest BCUT2D eigenvalue weighted by molar-refractivity contribution is 0.121. The van der Waals surface area contributed by atoms with Crippen molar-refractivity contribution in [3.05, 3.63) is 58.5 Å². The monoisotopic (exact) mass is 480 g/mol. The normalized spacial score (nSPS) is 15.2. The number of thiazole rings is 2. The van der Waals surface area contributed by atoms with Gasteiger partial charge in [0.1, 0.15) is 10.0 Å². The van der Waals surface area contributed by atoms with E-state index in [1.54, 1.807) is 18.4 Å². The maximum atomic E-state index is 5.63. The fourth-order valence-corrected chi connectivity index (χ4v) is 5.92. The Morgan fingerprint density at radius 1 is 0.939 bits per heavy atom. The quantitative estimate of drug-likeness (QED) is 0.348. The van der Waals surface area contributed by atoms with Gasteiger partial charge in [0.15, 0.2) is 11.5 Å². The first-order valence-electron chi connectivity index (χ1n) is 11.3. The molecule has 2 aromatic heterocycles. The molecule has 0 spiro atoms. The number of benzene rings is 2. The molecule has 0 bridgehead atoms. The minimum Gasteiger partial charge on any atom is -0.493 e. The number of hydrogen-bond donors (Lipinski definition) is 0. The Morgan fingerprint density at radius 2 is 1.73 bits per heavy atom. The van der Waals surface area contributed by atoms with Crippen LogP contribution in [-0.2, 0) is 13.1 Å². The van der Waals surface area contributed by atoms with Crippen molar-refractivity contribution >= 4 is 32.9 Å². The number of ether oxygens (including phenoxy) is 2. The lowest BCUT2D eigenvalue weighted by Crippen LogP contribution is -2.45. The largest absolute Gasteiger partial charge is 0.493 e. The van der Waals surface area contributed by atoms with Crippen molar-refractivity contribution in [1.82, 2.24) is 19.8 Å². The predicted octanol–water partition coefficient (Wildman–Crippen LogP) is 5.14. The first-order chi connectivity index (χ1) is 16.2. The number of piperazine rings is 1. The van der Waals surface area contributed by atoms with Crippen LogP contribution in [0.25, 0.3) is 20.8 Å². The van der Waals surface area contributed by atoms with Gasteiger partial charge in [-0.05, 0) is 37.3 Å². The number of rotatable bonds is 8. The van der Waals surface area contributed by atoms with Gasteiger partial charge in [-0.15, -0.1) is 22.7 Å². The van der Waals surface area contributed by atoms with E-state index in [0.717, 1.165) is 72.5 Å². The Kier molecular flexibility index (Phi) is 6.87. The molecule has 0 saturated carbocycles. The van der Waals surface area contributed by atoms with Crippen molar-refractivity contribution in [2.75, 3.05) is 39.9 Å². The molecule has 5 rings (SSSR count). The molecule has 3 heterocycles. The van der Waals surface area contributed by atoms with Gasteiger partial charge in [-0.25, -0.2) is 9.97 Å². The number of nitrogens with zero attached hydrogens (tertiary/aromatic N) is 4. The maximum Gasteiger partial charge on any atom is 0.161 e. The van der Waals surface area contributed by atoms with Crippen LogP contribution in [0.4, 0.5) is 0 Å². The lowest BCUT2D eigenvalue weighted by Gasteiger charge is -2.33. The number of aromatic nitrogens is 2. The Balaban J connectivity index is 1.16. The van der Waals surface area contributed by atoms with Gasteiger partial charge in [0, 0.05) is 43.7 Å². The average Bonchev–Trinajstić information content (AvgIpc) is 3.47. The second-order valence-corrected chi connectivity index (χ2v) is 10.0. The first-order valence-corrected chi connectivity index (χ1v) is 13.0. The Bertz CT molecular complexity index is 1180. The molecule has 0 N–H and O–H groups in total. The SMILES string of the molecule is CCOc1ccc(-c2nc(CN3CCN(Cc4nc5ccccc5s4)CC3)cs2)cc1OC. The highest BCUT2D eigenvalue weighted by Crippen LogP contribution is 2.34. The molecule has 0 radical (unpaired) electrons. The van der Waals surface area contributed by atoms with Gasteiger partial charge < -0.3 is 9.47 Å². The highest BCUT2D eigenvalue weighted by atomic mass is 32.1. The molecule has 172 valence electrons. The molecule has 33 heavy (non-hydrogen) atoms. The Hall–Kier alpha value is -2.52. The molecule has 0 unspecified atom stereocenters. The smallest absolute Gasteiger partial charge is 0.161 e. The van der Waals surface area contributed by atoms with Gasteiger partial charge in [0.25, 0.3) is 0 Å². The third-order valence-corrected chi connectivity index (χ3v) is 7.77. The van der Waals surface area contributed by atoms with Crippen LogP contribution < -0.4 is 9.47 Å². The fraction of sp³-hybridized carbons (Fsp3) is 0.360. The summed E-state index contributed by atoms with van der Waals surface area (Å²) in [6, 6.07) is 14.4. The van der Waals surface area contributed by atoms with E-state index in [-0.39, 0.29) is 0 Å². The third-order valence-electron chi connectivity index (χ3n) is 5.81. The summed E-state index contributed by atoms with van der Waals surface area (Å²) < 4.78 is 12.4. The van der Waals surface area contributed by atoms with Gasteiger partial charge in [0.2, 0.25) is 0 Å². The van der Waals surface area contributed by atoms with Crippen LogP contribution in [0.5, 0.6) is 11.5 Å². The Labute approximate surface area is 202 Å². The highest BCUT2D eigenvalue weighted by molar-refractivity contribution is 7.18. The Morgan fingerprint density at radius 3 is 2.48 bits per heavy atom. The molecule has 8 heteroatoms. The number of methoxy groups -OCH3 is 1. The van der Waals surface area contributed by atoms with Gasteiger partial charge in [-0.3, -0.25) is 9.80 Å². The van der Waals surface area contributed by atoms with Crippen LogP contribution in [0.3, 0.4) is 0 Å². The van der Waals surface area contributed by atoms with Gasteiger partial charge in [-0.2, -0.15) is 0 Å². The van der Waals surface area contributed by atoms with E-state index in [0.29, 0.717) is 6.61 Å². The molecule has 1 fully saturated rings. The molecule has 0 atom stereocenters. The predicted molar refractivity (Wildman–Crippen MR) is 135 cm³/mol. The fourth-order valence-electron chi connectivity index (χ4n) is 4.10. The van der Waals surface area contributed by atoms with E-state index in [4.69, 9.17) is 19.4 Å². The molecular formula is C25H28N4O2S2. The molecular weight excluding hydrogens is 452 g/mol. The van der Waals surface area contributed by atoms with E-state index >= 15 is 0 Å². The highest BCUT2D eigenvalue weighted by Gasteiger charge is 2.19. The van der Waals surface area contributed by atoms with Crippen molar-refractivity contribution < 1.29 is 9.47 Å². The van der Waals surface area contributed by atoms with Gasteiger partial charge in [-0.1, -0.05) is 12.1 Å². The van der Waals surface area contributed by atoms with Crippen molar-refractivity contribution in [2.45, 2.75) is 20.0 Å². The molecule has 0 aliphatic carbocycles. The molecule has 1 saturated heterocycles. The van der Waals surface area contributed by atoms with Crippen LogP contribution in [0.2, 0.25) is 0 Å². The minimum absolute atomic E-state index is 0.616. The van der Waals surface area contributed by atoms with Crippen molar-refractivity contribution in [1.29, 1.82) is 0 Å². The molecule has 1 aliphatic rings. The summed E-state index contributed by atoms with van der Waals surface area (Å²) in [5.74, 6) is 1.51. The van der Waals surface area contributed by atoms with Crippen LogP contribution in [0.15, 0.2) is 47.8 Å². The summed E-state index contributed by atoms with van der Waals surface area (Å²) in [7, 11) is 1.67. The van der Waals surface area contributed by atoms with Gasteiger partial charge >= 0.3 is 0 Å². The van der Waals surface area contributed by atoms with Crippen molar-refractivity contribution in [2.24, 2.45) is 0 Å². The maximum absolute atomic E-state index is 5.63. The zero-order chi connectivity index (χ0) is 22.6. The van der Waals surface area contributed by atoms with Crippen LogP contribution in [0, 0.1) is 0 Å². The third kappa shape index (κ3) is 5.19. The van der Waals surface area contributed by atoms with E-state index in [1.165, 1.54) is 9.71 Å². The summed E-state index contributed by atoms with van der Waals surface area (Å²) in [5, 5.41) is 4.39. The van der Waals surface area contributed by atoms with Crippen LogP contribution in [0.1, 0.15) is 17.6 Å². The molecule has 4 aromatic rings. The lowest BCUT2D eigenvalue weighted by atomic mass is 10.2. The van der Waals surface area contributed by atoms with Gasteiger partial charge in [0.05, 0.1) is 36.2 Å². The van der Waals surface area contributed by atoms with Crippen LogP contribution >= 0.6 is 22.7 Å². The van der Waals surface area contributed by atoms with E-state index < -0.39 is 0 Å². The van der Waals surface area contributed by atoms with E-state index in [9.17, 15) is 0 Å². The zero-order valence-corrected chi connectivity index (χ0v) is 20.6. The summed E-state index contributed by atoms with van der Waals surface area (Å²) in [6.45, 7) is 8.63. The number of hydrogen-bond acceptors (Lipinski definition) is 8. The van der Waals surface area contributed by atoms with E-state index in [2.05, 4.69) is 45.5 Å². The zero-order valence-electron chi connectivity index (χ0n) is 19.0. The summed E-state index contributed by atoms with van der Waals surface area (Å²) in [6.07, 6.45) is 0. The molecule has 6 nitrogen and oxygen atoms in total. The van der Waals surface area contributed by atoms with Crippen molar-refractivity contribution in [3.63, 3.8) is 0 Å². The second-order valence-electron chi connectivity index (χ2n) is 8.07. The standard InChI is InChI=1S/C25H28N4O2S2/c1-3-31-21-9-8-18(14-22(21)30-2)25-26-19(17-32-25)15-28-10-12-29(13-11-28)16-24-27-20-6-4-5-7-23(20)33-24/h4-9,14,17H,3,10-13,15-16H2,1-2H3. The van der Waals surface area contributed by atoms with E-state index in [1.807, 2.05) is 30.4 Å². The summed E-state index contributed by atoms with van der Waals surface area (Å²) >= 11 is 3.49. The number of fused-ring (bicyclic) bond motifs is 1. The molecule has 2 aromatic carbocycles. The summed E-state index contributed by atoms with van der Waals surface area (Å²) in [4.78, 5) is 14.7. The van der Waals surface area contributed by atoms with Crippen LogP contribution in [-0.4, -0.2) is 59.7 Å². The minimum atomic E-state index is 0.616. The topological polar surface area (TPSA) is 50.7 Å². The average molecular weight is 481 g/mol. The van der Waals surface area contributed by atoms with Crippen molar-refractivity contribution in [3.8, 4) is 22.1 Å². The second kappa shape index (κ2) is 10.2.